The van der Waals surface area contributed by atoms with Gasteiger partial charge in [-0.1, -0.05) is 37.6 Å². The fraction of sp³-hybridized carbons (Fsp3) is 0.500. The minimum atomic E-state index is -1.05. The summed E-state index contributed by atoms with van der Waals surface area (Å²) in [5.74, 6) is 1.11. The third kappa shape index (κ3) is 4.78. The van der Waals surface area contributed by atoms with Crippen LogP contribution in [0.15, 0.2) is 47.1 Å². The van der Waals surface area contributed by atoms with Gasteiger partial charge in [0.05, 0.1) is 18.3 Å². The van der Waals surface area contributed by atoms with Crippen LogP contribution < -0.4 is 5.32 Å². The number of fused-ring (bicyclic) bond motifs is 3. The Morgan fingerprint density at radius 3 is 2.61 bits per heavy atom. The van der Waals surface area contributed by atoms with E-state index in [1.54, 1.807) is 29.4 Å². The molecule has 3 aromatic rings. The van der Waals surface area contributed by atoms with Gasteiger partial charge in [-0.2, -0.15) is 0 Å². The molecule has 2 amide bonds. The quantitative estimate of drug-likeness (QED) is 0.464. The van der Waals surface area contributed by atoms with Gasteiger partial charge in [0.15, 0.2) is 5.58 Å². The number of carbonyl (C=O) groups excluding carboxylic acids is 2. The largest absolute Gasteiger partial charge is 0.463 e. The summed E-state index contributed by atoms with van der Waals surface area (Å²) in [5, 5.41) is 3.78. The van der Waals surface area contributed by atoms with E-state index >= 15 is 0 Å². The molecule has 0 saturated carbocycles. The number of furan rings is 1. The molecule has 1 saturated heterocycles. The van der Waals surface area contributed by atoms with Crippen LogP contribution >= 0.6 is 11.6 Å². The zero-order valence-electron chi connectivity index (χ0n) is 21.3. The number of hydrogen-bond donors (Lipinski definition) is 1. The minimum Gasteiger partial charge on any atom is -0.463 e. The Balaban J connectivity index is 1.33. The Labute approximate surface area is 217 Å². The van der Waals surface area contributed by atoms with E-state index in [1.807, 2.05) is 29.7 Å². The summed E-state index contributed by atoms with van der Waals surface area (Å²) in [5.41, 5.74) is 1.89. The van der Waals surface area contributed by atoms with Crippen molar-refractivity contribution in [2.45, 2.75) is 52.2 Å². The first-order chi connectivity index (χ1) is 17.2. The van der Waals surface area contributed by atoms with Crippen LogP contribution in [-0.4, -0.2) is 57.9 Å². The number of likely N-dealkylation sites (tertiary alicyclic amines) is 1. The van der Waals surface area contributed by atoms with Gasteiger partial charge in [0.1, 0.15) is 11.2 Å². The lowest BCUT2D eigenvalue weighted by molar-refractivity contribution is -0.133. The lowest BCUT2D eigenvalue weighted by Crippen LogP contribution is -2.63. The van der Waals surface area contributed by atoms with E-state index in [0.717, 1.165) is 37.1 Å². The average molecular weight is 511 g/mol. The lowest BCUT2D eigenvalue weighted by Gasteiger charge is -2.44. The number of rotatable bonds is 7. The first-order valence-electron chi connectivity index (χ1n) is 12.9. The number of piperidine rings is 1. The molecule has 0 unspecified atom stereocenters. The minimum absolute atomic E-state index is 0.138. The molecule has 2 aliphatic heterocycles. The Bertz CT molecular complexity index is 1240. The number of aromatic nitrogens is 1. The highest BCUT2D eigenvalue weighted by molar-refractivity contribution is 6.30. The third-order valence-electron chi connectivity index (χ3n) is 7.67. The summed E-state index contributed by atoms with van der Waals surface area (Å²) >= 11 is 6.07. The molecule has 1 N–H and O–H groups in total. The monoisotopic (exact) mass is 510 g/mol. The van der Waals surface area contributed by atoms with Crippen LogP contribution in [0.25, 0.3) is 11.1 Å². The van der Waals surface area contributed by atoms with Crippen LogP contribution in [-0.2, 0) is 17.9 Å². The molecule has 7 nitrogen and oxygen atoms in total. The van der Waals surface area contributed by atoms with Crippen molar-refractivity contribution in [3.05, 3.63) is 58.9 Å². The lowest BCUT2D eigenvalue weighted by atomic mass is 9.92. The number of halogens is 1. The smallest absolute Gasteiger partial charge is 0.271 e. The molecule has 0 bridgehead atoms. The highest BCUT2D eigenvalue weighted by Gasteiger charge is 2.47. The SMILES string of the molecule is C[C@@H]1C[C@H](C)CN(CCCNC(=O)[C@@]2(C)Cn3c(cc4occc43)C(=O)N2Cc2ccc(Cl)cc2)C1. The Morgan fingerprint density at radius 1 is 1.17 bits per heavy atom. The molecule has 192 valence electrons. The van der Waals surface area contributed by atoms with E-state index in [4.69, 9.17) is 16.0 Å². The van der Waals surface area contributed by atoms with Crippen LogP contribution in [0.4, 0.5) is 0 Å². The fourth-order valence-corrected chi connectivity index (χ4v) is 6.09. The number of nitrogens with zero attached hydrogens (tertiary/aromatic N) is 3. The standard InChI is InChI=1S/C28H35ClN4O3/c1-19-13-20(2)16-31(15-19)11-4-10-30-27(35)28(3)18-32-23-9-12-36-25(23)14-24(32)26(34)33(28)17-21-5-7-22(29)8-6-21/h5-9,12,14,19-20H,4,10-11,13,15-18H2,1-3H3,(H,30,35)/t19-,20+,28-/m1/s1. The van der Waals surface area contributed by atoms with Crippen molar-refractivity contribution in [2.75, 3.05) is 26.2 Å². The number of nitrogens with one attached hydrogen (secondary N) is 1. The van der Waals surface area contributed by atoms with E-state index in [0.29, 0.717) is 47.8 Å². The van der Waals surface area contributed by atoms with Gasteiger partial charge in [-0.15, -0.1) is 0 Å². The van der Waals surface area contributed by atoms with Crippen LogP contribution in [0.1, 0.15) is 49.7 Å². The van der Waals surface area contributed by atoms with Crippen molar-refractivity contribution in [3.8, 4) is 0 Å². The van der Waals surface area contributed by atoms with Crippen molar-refractivity contribution in [2.24, 2.45) is 11.8 Å². The van der Waals surface area contributed by atoms with E-state index < -0.39 is 5.54 Å². The zero-order chi connectivity index (χ0) is 25.4. The Kier molecular flexibility index (Phi) is 6.88. The van der Waals surface area contributed by atoms with Gasteiger partial charge in [0.25, 0.3) is 5.91 Å². The van der Waals surface area contributed by atoms with Gasteiger partial charge in [0.2, 0.25) is 5.91 Å². The maximum Gasteiger partial charge on any atom is 0.271 e. The molecule has 1 aromatic carbocycles. The summed E-state index contributed by atoms with van der Waals surface area (Å²) in [7, 11) is 0. The highest BCUT2D eigenvalue weighted by Crippen LogP contribution is 2.34. The van der Waals surface area contributed by atoms with Gasteiger partial charge in [0, 0.05) is 43.3 Å². The molecule has 2 aromatic heterocycles. The molecule has 1 fully saturated rings. The summed E-state index contributed by atoms with van der Waals surface area (Å²) in [4.78, 5) is 31.6. The molecule has 2 aliphatic rings. The Hall–Kier alpha value is -2.77. The molecule has 8 heteroatoms. The van der Waals surface area contributed by atoms with Crippen molar-refractivity contribution in [1.82, 2.24) is 19.7 Å². The first kappa shape index (κ1) is 24.9. The molecule has 3 atom stereocenters. The summed E-state index contributed by atoms with van der Waals surface area (Å²) in [6.45, 7) is 11.0. The second-order valence-electron chi connectivity index (χ2n) is 10.9. The molecular weight excluding hydrogens is 476 g/mol. The van der Waals surface area contributed by atoms with E-state index in [1.165, 1.54) is 6.42 Å². The van der Waals surface area contributed by atoms with E-state index in [2.05, 4.69) is 24.1 Å². The molecule has 0 radical (unpaired) electrons. The third-order valence-corrected chi connectivity index (χ3v) is 7.93. The first-order valence-corrected chi connectivity index (χ1v) is 13.3. The molecule has 0 spiro atoms. The van der Waals surface area contributed by atoms with Gasteiger partial charge in [-0.25, -0.2) is 0 Å². The second kappa shape index (κ2) is 9.94. The Morgan fingerprint density at radius 2 is 1.89 bits per heavy atom. The van der Waals surface area contributed by atoms with Crippen molar-refractivity contribution < 1.29 is 14.0 Å². The number of hydrogen-bond acceptors (Lipinski definition) is 4. The molecule has 36 heavy (non-hydrogen) atoms. The second-order valence-corrected chi connectivity index (χ2v) is 11.3. The van der Waals surface area contributed by atoms with Gasteiger partial charge >= 0.3 is 0 Å². The van der Waals surface area contributed by atoms with Gasteiger partial charge in [-0.05, 0) is 55.8 Å². The number of benzene rings is 1. The highest BCUT2D eigenvalue weighted by atomic mass is 35.5. The van der Waals surface area contributed by atoms with Crippen LogP contribution in [0, 0.1) is 11.8 Å². The normalized spacial score (nSPS) is 24.8. The van der Waals surface area contributed by atoms with E-state index in [-0.39, 0.29) is 11.8 Å². The van der Waals surface area contributed by atoms with Crippen LogP contribution in [0.2, 0.25) is 5.02 Å². The summed E-state index contributed by atoms with van der Waals surface area (Å²) < 4.78 is 7.47. The zero-order valence-corrected chi connectivity index (χ0v) is 22.1. The average Bonchev–Trinajstić information content (AvgIpc) is 3.42. The van der Waals surface area contributed by atoms with Gasteiger partial charge < -0.3 is 24.1 Å². The fourth-order valence-electron chi connectivity index (χ4n) is 5.96. The molecule has 4 heterocycles. The summed E-state index contributed by atoms with van der Waals surface area (Å²) in [6.07, 6.45) is 3.78. The maximum atomic E-state index is 13.7. The summed E-state index contributed by atoms with van der Waals surface area (Å²) in [6, 6.07) is 11.0. The predicted octanol–water partition coefficient (Wildman–Crippen LogP) is 4.79. The predicted molar refractivity (Wildman–Crippen MR) is 141 cm³/mol. The van der Waals surface area contributed by atoms with Gasteiger partial charge in [-0.3, -0.25) is 9.59 Å². The maximum absolute atomic E-state index is 13.7. The number of carbonyl (C=O) groups is 2. The molecule has 0 aliphatic carbocycles. The topological polar surface area (TPSA) is 70.7 Å². The number of amides is 2. The van der Waals surface area contributed by atoms with Crippen LogP contribution in [0.5, 0.6) is 0 Å². The van der Waals surface area contributed by atoms with Crippen molar-refractivity contribution in [3.63, 3.8) is 0 Å². The molecule has 5 rings (SSSR count). The van der Waals surface area contributed by atoms with Crippen molar-refractivity contribution in [1.29, 1.82) is 0 Å². The molecular formula is C28H35ClN4O3. The van der Waals surface area contributed by atoms with Crippen molar-refractivity contribution >= 4 is 34.5 Å². The van der Waals surface area contributed by atoms with Crippen LogP contribution in [0.3, 0.4) is 0 Å². The van der Waals surface area contributed by atoms with E-state index in [9.17, 15) is 9.59 Å².